The van der Waals surface area contributed by atoms with Crippen LogP contribution in [0.25, 0.3) is 0 Å². The average Bonchev–Trinajstić information content (AvgIpc) is 2.99. The molecule has 1 aliphatic heterocycles. The fraction of sp³-hybridized carbons (Fsp3) is 1.00. The normalized spacial score (nSPS) is 42.2. The lowest BCUT2D eigenvalue weighted by atomic mass is 9.89. The molecule has 3 fully saturated rings. The van der Waals surface area contributed by atoms with Crippen LogP contribution in [0.5, 0.6) is 0 Å². The van der Waals surface area contributed by atoms with Crippen LogP contribution in [0.3, 0.4) is 0 Å². The summed E-state index contributed by atoms with van der Waals surface area (Å²) in [5.74, 6) is 2.16. The molecular weight excluding hydrogens is 208 g/mol. The van der Waals surface area contributed by atoms with Crippen molar-refractivity contribution in [1.82, 2.24) is 10.2 Å². The minimum Gasteiger partial charge on any atom is -0.320 e. The molecule has 0 aromatic rings. The van der Waals surface area contributed by atoms with E-state index in [1.807, 2.05) is 0 Å². The van der Waals surface area contributed by atoms with E-state index in [1.54, 1.807) is 6.42 Å². The van der Waals surface area contributed by atoms with Gasteiger partial charge in [-0.25, -0.2) is 0 Å². The lowest BCUT2D eigenvalue weighted by Gasteiger charge is -2.43. The maximum Gasteiger partial charge on any atom is 0.0129 e. The molecule has 0 radical (unpaired) electrons. The summed E-state index contributed by atoms with van der Waals surface area (Å²) in [4.78, 5) is 2.92. The number of rotatable bonds is 4. The van der Waals surface area contributed by atoms with E-state index in [4.69, 9.17) is 0 Å². The molecule has 0 amide bonds. The average molecular weight is 236 g/mol. The summed E-state index contributed by atoms with van der Waals surface area (Å²) in [5.41, 5.74) is 0. The number of fused-ring (bicyclic) bond motifs is 2. The summed E-state index contributed by atoms with van der Waals surface area (Å²) in [6, 6.07) is 1.86. The maximum absolute atomic E-state index is 3.33. The van der Waals surface area contributed by atoms with Gasteiger partial charge in [0.25, 0.3) is 0 Å². The van der Waals surface area contributed by atoms with Crippen LogP contribution in [0.1, 0.15) is 51.4 Å². The minimum absolute atomic E-state index is 0.889. The topological polar surface area (TPSA) is 15.3 Å². The van der Waals surface area contributed by atoms with E-state index >= 15 is 0 Å². The molecular formula is C15H28N2. The molecule has 2 heteroatoms. The molecule has 2 saturated carbocycles. The summed E-state index contributed by atoms with van der Waals surface area (Å²) in [6.45, 7) is 2.59. The highest BCUT2D eigenvalue weighted by atomic mass is 15.2. The Kier molecular flexibility index (Phi) is 3.72. The van der Waals surface area contributed by atoms with Gasteiger partial charge in [0.1, 0.15) is 0 Å². The largest absolute Gasteiger partial charge is 0.320 e. The molecule has 3 aliphatic rings. The van der Waals surface area contributed by atoms with E-state index in [0.29, 0.717) is 0 Å². The van der Waals surface area contributed by atoms with Crippen molar-refractivity contribution in [2.24, 2.45) is 11.8 Å². The van der Waals surface area contributed by atoms with Crippen LogP contribution in [0.4, 0.5) is 0 Å². The van der Waals surface area contributed by atoms with Crippen LogP contribution in [0.2, 0.25) is 0 Å². The summed E-state index contributed by atoms with van der Waals surface area (Å²) in [7, 11) is 2.09. The van der Waals surface area contributed by atoms with Gasteiger partial charge in [0, 0.05) is 12.1 Å². The van der Waals surface area contributed by atoms with Crippen molar-refractivity contribution in [2.45, 2.75) is 63.5 Å². The van der Waals surface area contributed by atoms with Crippen molar-refractivity contribution in [1.29, 1.82) is 0 Å². The Balaban J connectivity index is 1.62. The number of nitrogens with one attached hydrogen (secondary N) is 1. The van der Waals surface area contributed by atoms with Crippen molar-refractivity contribution in [3.63, 3.8) is 0 Å². The molecule has 17 heavy (non-hydrogen) atoms. The molecule has 1 N–H and O–H groups in total. The van der Waals surface area contributed by atoms with E-state index in [0.717, 1.165) is 23.9 Å². The zero-order valence-corrected chi connectivity index (χ0v) is 11.3. The molecule has 1 saturated heterocycles. The molecule has 2 nitrogen and oxygen atoms in total. The van der Waals surface area contributed by atoms with Crippen molar-refractivity contribution in [3.05, 3.63) is 0 Å². The highest BCUT2D eigenvalue weighted by molar-refractivity contribution is 4.97. The summed E-state index contributed by atoms with van der Waals surface area (Å²) < 4.78 is 0. The van der Waals surface area contributed by atoms with E-state index in [2.05, 4.69) is 17.3 Å². The van der Waals surface area contributed by atoms with Gasteiger partial charge in [0.05, 0.1) is 0 Å². The summed E-state index contributed by atoms with van der Waals surface area (Å²) >= 11 is 0. The Hall–Kier alpha value is -0.0800. The van der Waals surface area contributed by atoms with Crippen LogP contribution >= 0.6 is 0 Å². The first-order chi connectivity index (χ1) is 8.38. The van der Waals surface area contributed by atoms with Gasteiger partial charge in [0.2, 0.25) is 0 Å². The Morgan fingerprint density at radius 3 is 2.76 bits per heavy atom. The van der Waals surface area contributed by atoms with Gasteiger partial charge in [-0.05, 0) is 70.5 Å². The monoisotopic (exact) mass is 236 g/mol. The molecule has 2 bridgehead atoms. The fourth-order valence-electron chi connectivity index (χ4n) is 4.70. The summed E-state index contributed by atoms with van der Waals surface area (Å²) in [5, 5.41) is 3.33. The number of hydrogen-bond acceptors (Lipinski definition) is 2. The van der Waals surface area contributed by atoms with Crippen LogP contribution in [0, 0.1) is 11.8 Å². The Labute approximate surface area is 106 Å². The molecule has 1 heterocycles. The lowest BCUT2D eigenvalue weighted by Crippen LogP contribution is -2.49. The van der Waals surface area contributed by atoms with E-state index in [1.165, 1.54) is 58.0 Å². The first kappa shape index (κ1) is 12.0. The highest BCUT2D eigenvalue weighted by Crippen LogP contribution is 2.47. The first-order valence-electron chi connectivity index (χ1n) is 7.79. The molecule has 0 spiro atoms. The molecule has 3 rings (SSSR count). The number of hydrogen-bond donors (Lipinski definition) is 1. The minimum atomic E-state index is 0.889. The van der Waals surface area contributed by atoms with E-state index in [-0.39, 0.29) is 0 Å². The molecule has 2 aliphatic carbocycles. The van der Waals surface area contributed by atoms with Gasteiger partial charge in [0.15, 0.2) is 0 Å². The van der Waals surface area contributed by atoms with Gasteiger partial charge in [-0.3, -0.25) is 4.90 Å². The van der Waals surface area contributed by atoms with E-state index < -0.39 is 0 Å². The second kappa shape index (κ2) is 5.27. The Bertz CT molecular complexity index is 253. The zero-order chi connectivity index (χ0) is 11.7. The first-order valence-corrected chi connectivity index (χ1v) is 7.79. The molecule has 0 aromatic heterocycles. The second-order valence-corrected chi connectivity index (χ2v) is 6.52. The van der Waals surface area contributed by atoms with Gasteiger partial charge >= 0.3 is 0 Å². The molecule has 98 valence electrons. The maximum atomic E-state index is 3.33. The molecule has 0 aromatic carbocycles. The third-order valence-electron chi connectivity index (χ3n) is 5.53. The smallest absolute Gasteiger partial charge is 0.0129 e. The molecule has 4 unspecified atom stereocenters. The lowest BCUT2D eigenvalue weighted by molar-refractivity contribution is 0.0590. The number of nitrogens with zero attached hydrogens (tertiary/aromatic N) is 1. The quantitative estimate of drug-likeness (QED) is 0.807. The van der Waals surface area contributed by atoms with Crippen molar-refractivity contribution in [2.75, 3.05) is 20.1 Å². The van der Waals surface area contributed by atoms with E-state index in [9.17, 15) is 0 Å². The van der Waals surface area contributed by atoms with Crippen LogP contribution in [0.15, 0.2) is 0 Å². The second-order valence-electron chi connectivity index (χ2n) is 6.52. The highest BCUT2D eigenvalue weighted by Gasteiger charge is 2.44. The van der Waals surface area contributed by atoms with Gasteiger partial charge in [-0.15, -0.1) is 0 Å². The number of likely N-dealkylation sites (tertiary alicyclic amines) is 1. The van der Waals surface area contributed by atoms with Gasteiger partial charge in [-0.1, -0.05) is 12.8 Å². The van der Waals surface area contributed by atoms with Gasteiger partial charge in [-0.2, -0.15) is 0 Å². The summed E-state index contributed by atoms with van der Waals surface area (Å²) in [6.07, 6.45) is 11.9. The van der Waals surface area contributed by atoms with Crippen molar-refractivity contribution in [3.8, 4) is 0 Å². The Morgan fingerprint density at radius 2 is 2.06 bits per heavy atom. The SMILES string of the molecule is CNCCC1CCCCN1C1CC2CCC1C2. The predicted octanol–water partition coefficient (Wildman–Crippen LogP) is 2.64. The van der Waals surface area contributed by atoms with Crippen LogP contribution in [-0.4, -0.2) is 37.1 Å². The zero-order valence-electron chi connectivity index (χ0n) is 11.3. The fourth-order valence-corrected chi connectivity index (χ4v) is 4.70. The Morgan fingerprint density at radius 1 is 1.12 bits per heavy atom. The third kappa shape index (κ3) is 2.39. The van der Waals surface area contributed by atoms with Crippen LogP contribution in [-0.2, 0) is 0 Å². The predicted molar refractivity (Wildman–Crippen MR) is 72.1 cm³/mol. The standard InChI is InChI=1S/C15H28N2/c1-16-8-7-14-4-2-3-9-17(14)15-11-12-5-6-13(15)10-12/h12-16H,2-11H2,1H3. The van der Waals surface area contributed by atoms with Crippen molar-refractivity contribution < 1.29 is 0 Å². The van der Waals surface area contributed by atoms with Crippen molar-refractivity contribution >= 4 is 0 Å². The van der Waals surface area contributed by atoms with Crippen LogP contribution < -0.4 is 5.32 Å². The number of piperidine rings is 1. The van der Waals surface area contributed by atoms with Gasteiger partial charge < -0.3 is 5.32 Å². The third-order valence-corrected chi connectivity index (χ3v) is 5.53. The molecule has 4 atom stereocenters.